The number of fused-ring (bicyclic) bond motifs is 1. The van der Waals surface area contributed by atoms with Gasteiger partial charge in [-0.3, -0.25) is 14.7 Å². The molecule has 0 radical (unpaired) electrons. The number of H-pyrrole nitrogens is 1. The number of alkyl halides is 3. The number of carboxylic acid groups (broad SMARTS) is 1. The molecule has 0 bridgehead atoms. The fraction of sp³-hybridized carbons (Fsp3) is 0.280. The van der Waals surface area contributed by atoms with Gasteiger partial charge in [-0.2, -0.15) is 18.3 Å². The topological polar surface area (TPSA) is 169 Å². The number of anilines is 1. The monoisotopic (exact) mass is 549 g/mol. The van der Waals surface area contributed by atoms with Crippen molar-refractivity contribution in [3.63, 3.8) is 0 Å². The maximum atomic E-state index is 13.0. The average Bonchev–Trinajstić information content (AvgIpc) is 3.32. The van der Waals surface area contributed by atoms with Gasteiger partial charge in [-0.1, -0.05) is 6.07 Å². The molecule has 208 valence electrons. The molecular formula is C25H24F3N4O7-. The third-order valence-electron chi connectivity index (χ3n) is 5.53. The average molecular weight is 549 g/mol. The van der Waals surface area contributed by atoms with Crippen molar-refractivity contribution in [3.05, 3.63) is 53.9 Å². The van der Waals surface area contributed by atoms with Crippen LogP contribution < -0.4 is 30.4 Å². The van der Waals surface area contributed by atoms with Gasteiger partial charge in [0.2, 0.25) is 5.91 Å². The van der Waals surface area contributed by atoms with Crippen molar-refractivity contribution in [2.45, 2.75) is 19.5 Å². The Morgan fingerprint density at radius 1 is 1.23 bits per heavy atom. The van der Waals surface area contributed by atoms with Gasteiger partial charge in [-0.15, -0.1) is 0 Å². The fourth-order valence-corrected chi connectivity index (χ4v) is 3.60. The number of benzene rings is 2. The number of halogens is 3. The molecule has 39 heavy (non-hydrogen) atoms. The number of rotatable bonds is 7. The number of carbonyl (C=O) groups is 3. The highest BCUT2D eigenvalue weighted by Gasteiger charge is 2.29. The predicted octanol–water partition coefficient (Wildman–Crippen LogP) is 1.75. The van der Waals surface area contributed by atoms with Crippen LogP contribution in [0.2, 0.25) is 0 Å². The Labute approximate surface area is 220 Å². The van der Waals surface area contributed by atoms with Crippen molar-refractivity contribution in [2.24, 2.45) is 11.7 Å². The number of amides is 2. The van der Waals surface area contributed by atoms with E-state index < -0.39 is 24.0 Å². The summed E-state index contributed by atoms with van der Waals surface area (Å²) in [5.74, 6) is -2.43. The Bertz CT molecular complexity index is 1360. The number of nitrogens with zero attached hydrogens (tertiary/aromatic N) is 1. The molecule has 0 saturated carbocycles. The first-order valence-electron chi connectivity index (χ1n) is 11.3. The van der Waals surface area contributed by atoms with Gasteiger partial charge in [0.05, 0.1) is 24.9 Å². The summed E-state index contributed by atoms with van der Waals surface area (Å²) in [6.45, 7) is 1.85. The lowest BCUT2D eigenvalue weighted by Gasteiger charge is -2.25. The standard InChI is InChI=1S/C23H24N4O5.C2HF3O2/c1-13-18(10-25-27-13)14-3-5-19(21(9-14)32-12-22(24)28)26-23(29)16-7-15-8-17(30-2)4-6-20(15)31-11-16;3-2(4,5)1(6)7/h3-6,8-10,16H,7,11-12H2,1-2H3,(H2,24,28)(H,25,27)(H,26,29);(H,6,7)/p-1. The van der Waals surface area contributed by atoms with E-state index in [0.717, 1.165) is 28.1 Å². The van der Waals surface area contributed by atoms with Gasteiger partial charge in [0.15, 0.2) is 6.61 Å². The number of aliphatic carboxylic acids is 1. The summed E-state index contributed by atoms with van der Waals surface area (Å²) in [6, 6.07) is 10.9. The molecule has 1 aliphatic rings. The smallest absolute Gasteiger partial charge is 0.430 e. The van der Waals surface area contributed by atoms with E-state index in [1.165, 1.54) is 0 Å². The first kappa shape index (κ1) is 28.8. The lowest BCUT2D eigenvalue weighted by atomic mass is 9.95. The highest BCUT2D eigenvalue weighted by molar-refractivity contribution is 5.95. The first-order valence-corrected chi connectivity index (χ1v) is 11.3. The Balaban J connectivity index is 0.000000532. The maximum Gasteiger partial charge on any atom is 0.430 e. The summed E-state index contributed by atoms with van der Waals surface area (Å²) in [4.78, 5) is 33.0. The zero-order valence-corrected chi connectivity index (χ0v) is 20.8. The molecule has 0 saturated heterocycles. The maximum absolute atomic E-state index is 13.0. The van der Waals surface area contributed by atoms with Crippen LogP contribution in [0.15, 0.2) is 42.6 Å². The van der Waals surface area contributed by atoms with Crippen LogP contribution in [-0.2, 0) is 20.8 Å². The number of carboxylic acids is 1. The van der Waals surface area contributed by atoms with Crippen molar-refractivity contribution in [1.82, 2.24) is 10.2 Å². The summed E-state index contributed by atoms with van der Waals surface area (Å²) in [6.07, 6.45) is -2.98. The van der Waals surface area contributed by atoms with Crippen LogP contribution in [0.25, 0.3) is 11.1 Å². The Kier molecular flexibility index (Phi) is 9.01. The van der Waals surface area contributed by atoms with Crippen LogP contribution in [-0.4, -0.2) is 54.5 Å². The largest absolute Gasteiger partial charge is 0.542 e. The van der Waals surface area contributed by atoms with Gasteiger partial charge in [0.25, 0.3) is 5.91 Å². The number of aromatic nitrogens is 2. The van der Waals surface area contributed by atoms with Crippen molar-refractivity contribution < 1.29 is 46.9 Å². The van der Waals surface area contributed by atoms with Crippen molar-refractivity contribution in [3.8, 4) is 28.4 Å². The van der Waals surface area contributed by atoms with Gasteiger partial charge in [-0.05, 0) is 54.8 Å². The van der Waals surface area contributed by atoms with Crippen LogP contribution in [0, 0.1) is 12.8 Å². The van der Waals surface area contributed by atoms with Gasteiger partial charge in [0.1, 0.15) is 29.8 Å². The molecule has 0 fully saturated rings. The van der Waals surface area contributed by atoms with E-state index in [2.05, 4.69) is 15.5 Å². The fourth-order valence-electron chi connectivity index (χ4n) is 3.60. The van der Waals surface area contributed by atoms with Crippen molar-refractivity contribution in [1.29, 1.82) is 0 Å². The second-order valence-corrected chi connectivity index (χ2v) is 8.33. The molecule has 2 heterocycles. The number of ether oxygens (including phenoxy) is 3. The molecule has 1 aromatic heterocycles. The van der Waals surface area contributed by atoms with E-state index in [9.17, 15) is 22.8 Å². The second kappa shape index (κ2) is 12.2. The number of nitrogens with one attached hydrogen (secondary N) is 2. The van der Waals surface area contributed by atoms with Crippen LogP contribution in [0.1, 0.15) is 11.3 Å². The van der Waals surface area contributed by atoms with Crippen LogP contribution >= 0.6 is 0 Å². The second-order valence-electron chi connectivity index (χ2n) is 8.33. The van der Waals surface area contributed by atoms with Crippen LogP contribution in [0.5, 0.6) is 17.2 Å². The van der Waals surface area contributed by atoms with E-state index >= 15 is 0 Å². The summed E-state index contributed by atoms with van der Waals surface area (Å²) in [7, 11) is 1.60. The minimum Gasteiger partial charge on any atom is -0.542 e. The van der Waals surface area contributed by atoms with E-state index in [0.29, 0.717) is 23.6 Å². The number of methoxy groups -OCH3 is 1. The van der Waals surface area contributed by atoms with Gasteiger partial charge < -0.3 is 35.2 Å². The number of aromatic amines is 1. The molecule has 1 unspecified atom stereocenters. The molecule has 4 rings (SSSR count). The highest BCUT2D eigenvalue weighted by atomic mass is 19.4. The molecule has 0 spiro atoms. The summed E-state index contributed by atoms with van der Waals surface area (Å²) < 4.78 is 48.2. The van der Waals surface area contributed by atoms with Crippen LogP contribution in [0.4, 0.5) is 18.9 Å². The number of carbonyl (C=O) groups excluding carboxylic acids is 3. The summed E-state index contributed by atoms with van der Waals surface area (Å²) >= 11 is 0. The molecule has 2 amide bonds. The Morgan fingerprint density at radius 2 is 1.95 bits per heavy atom. The first-order chi connectivity index (χ1) is 18.4. The summed E-state index contributed by atoms with van der Waals surface area (Å²) in [5.41, 5.74) is 9.19. The van der Waals surface area contributed by atoms with E-state index in [1.54, 1.807) is 25.4 Å². The minimum absolute atomic E-state index is 0.213. The molecule has 14 heteroatoms. The number of aryl methyl sites for hydroxylation is 1. The lowest BCUT2D eigenvalue weighted by Crippen LogP contribution is -2.37. The number of hydrogen-bond donors (Lipinski definition) is 3. The molecule has 11 nitrogen and oxygen atoms in total. The Hall–Kier alpha value is -4.75. The van der Waals surface area contributed by atoms with Crippen LogP contribution in [0.3, 0.4) is 0 Å². The number of primary amides is 1. The Morgan fingerprint density at radius 3 is 2.54 bits per heavy atom. The SMILES string of the molecule is COc1ccc2c(c1)CC(C(=O)Nc1ccc(-c3cn[nH]c3C)cc1OCC(N)=O)CO2.O=C([O-])C(F)(F)F. The normalized spacial score (nSPS) is 14.1. The third-order valence-corrected chi connectivity index (χ3v) is 5.53. The molecule has 2 aromatic carbocycles. The van der Waals surface area contributed by atoms with E-state index in [1.807, 2.05) is 31.2 Å². The molecule has 3 aromatic rings. The molecule has 1 aliphatic heterocycles. The molecule has 4 N–H and O–H groups in total. The number of nitrogens with two attached hydrogens (primary N) is 1. The molecule has 1 atom stereocenters. The van der Waals surface area contributed by atoms with Crippen molar-refractivity contribution >= 4 is 23.5 Å². The van der Waals surface area contributed by atoms with Crippen molar-refractivity contribution in [2.75, 3.05) is 25.6 Å². The number of hydrogen-bond acceptors (Lipinski definition) is 8. The van der Waals surface area contributed by atoms with E-state index in [-0.39, 0.29) is 19.1 Å². The quantitative estimate of drug-likeness (QED) is 0.400. The predicted molar refractivity (Wildman–Crippen MR) is 129 cm³/mol. The van der Waals surface area contributed by atoms with Gasteiger partial charge in [0, 0.05) is 11.3 Å². The molecular weight excluding hydrogens is 525 g/mol. The van der Waals surface area contributed by atoms with Gasteiger partial charge in [-0.25, -0.2) is 0 Å². The highest BCUT2D eigenvalue weighted by Crippen LogP contribution is 2.34. The lowest BCUT2D eigenvalue weighted by molar-refractivity contribution is -0.344. The zero-order chi connectivity index (χ0) is 28.7. The summed E-state index contributed by atoms with van der Waals surface area (Å²) in [5, 5.41) is 18.6. The van der Waals surface area contributed by atoms with Gasteiger partial charge >= 0.3 is 6.18 Å². The third kappa shape index (κ3) is 7.63. The minimum atomic E-state index is -5.19. The molecule has 0 aliphatic carbocycles. The zero-order valence-electron chi connectivity index (χ0n) is 20.8. The van der Waals surface area contributed by atoms with E-state index in [4.69, 9.17) is 29.8 Å².